The van der Waals surface area contributed by atoms with Crippen LogP contribution in [0.25, 0.3) is 0 Å². The smallest absolute Gasteiger partial charge is 0.165 e. The van der Waals surface area contributed by atoms with Gasteiger partial charge in [-0.3, -0.25) is 0 Å². The largest absolute Gasteiger partial charge is 0.340 e. The fraction of sp³-hybridized carbons (Fsp3) is 0.182. The zero-order valence-corrected chi connectivity index (χ0v) is 9.13. The lowest BCUT2D eigenvalue weighted by Gasteiger charge is -2.01. The molecular formula is C11H13N3S. The highest BCUT2D eigenvalue weighted by molar-refractivity contribution is 7.98. The topological polar surface area (TPSA) is 54.7 Å². The highest BCUT2D eigenvalue weighted by Gasteiger charge is 1.98. The van der Waals surface area contributed by atoms with Gasteiger partial charge in [0, 0.05) is 24.7 Å². The van der Waals surface area contributed by atoms with Gasteiger partial charge in [0.1, 0.15) is 0 Å². The monoisotopic (exact) mass is 219 g/mol. The summed E-state index contributed by atoms with van der Waals surface area (Å²) in [6, 6.07) is 8.33. The van der Waals surface area contributed by atoms with Crippen molar-refractivity contribution in [1.29, 1.82) is 0 Å². The first-order valence-electron chi connectivity index (χ1n) is 4.78. The van der Waals surface area contributed by atoms with Gasteiger partial charge in [-0.15, -0.1) is 0 Å². The molecule has 3 nitrogen and oxygen atoms in total. The number of rotatable bonds is 4. The Kier molecular flexibility index (Phi) is 3.42. The van der Waals surface area contributed by atoms with E-state index >= 15 is 0 Å². The molecule has 0 aliphatic heterocycles. The van der Waals surface area contributed by atoms with E-state index in [1.54, 1.807) is 18.0 Å². The number of nitrogens with one attached hydrogen (secondary N) is 1. The number of aromatic amines is 1. The molecule has 78 valence electrons. The molecule has 0 radical (unpaired) electrons. The van der Waals surface area contributed by atoms with Crippen molar-refractivity contribution >= 4 is 11.8 Å². The number of hydrogen-bond donors (Lipinski definition) is 2. The summed E-state index contributed by atoms with van der Waals surface area (Å²) in [6.45, 7) is 0.596. The number of benzene rings is 1. The second kappa shape index (κ2) is 5.00. The number of hydrogen-bond acceptors (Lipinski definition) is 3. The summed E-state index contributed by atoms with van der Waals surface area (Å²) in [5.74, 6) is 0.918. The van der Waals surface area contributed by atoms with E-state index < -0.39 is 0 Å². The van der Waals surface area contributed by atoms with E-state index in [-0.39, 0.29) is 0 Å². The van der Waals surface area contributed by atoms with Gasteiger partial charge in [0.15, 0.2) is 5.16 Å². The lowest BCUT2D eigenvalue weighted by atomic mass is 10.1. The zero-order chi connectivity index (χ0) is 10.5. The second-order valence-corrected chi connectivity index (χ2v) is 4.17. The van der Waals surface area contributed by atoms with Crippen LogP contribution in [0.2, 0.25) is 0 Å². The number of H-pyrrole nitrogens is 1. The summed E-state index contributed by atoms with van der Waals surface area (Å²) in [4.78, 5) is 7.22. The van der Waals surface area contributed by atoms with Crippen molar-refractivity contribution in [3.05, 3.63) is 47.8 Å². The van der Waals surface area contributed by atoms with Gasteiger partial charge in [0.25, 0.3) is 0 Å². The molecule has 2 rings (SSSR count). The molecular weight excluding hydrogens is 206 g/mol. The highest BCUT2D eigenvalue weighted by atomic mass is 32.2. The summed E-state index contributed by atoms with van der Waals surface area (Å²) < 4.78 is 0. The third kappa shape index (κ3) is 2.84. The van der Waals surface area contributed by atoms with Crippen molar-refractivity contribution in [2.45, 2.75) is 17.5 Å². The summed E-state index contributed by atoms with van der Waals surface area (Å²) in [5.41, 5.74) is 8.03. The van der Waals surface area contributed by atoms with Crippen LogP contribution in [0, 0.1) is 0 Å². The molecule has 15 heavy (non-hydrogen) atoms. The van der Waals surface area contributed by atoms with E-state index in [0.29, 0.717) is 6.54 Å². The highest BCUT2D eigenvalue weighted by Crippen LogP contribution is 2.19. The number of aromatic nitrogens is 2. The van der Waals surface area contributed by atoms with Crippen LogP contribution in [0.3, 0.4) is 0 Å². The van der Waals surface area contributed by atoms with Crippen LogP contribution < -0.4 is 5.73 Å². The van der Waals surface area contributed by atoms with Gasteiger partial charge in [0.2, 0.25) is 0 Å². The Bertz CT molecular complexity index is 412. The zero-order valence-electron chi connectivity index (χ0n) is 8.31. The maximum absolute atomic E-state index is 5.58. The van der Waals surface area contributed by atoms with Gasteiger partial charge < -0.3 is 10.7 Å². The molecule has 0 bridgehead atoms. The first kappa shape index (κ1) is 10.3. The van der Waals surface area contributed by atoms with Gasteiger partial charge in [-0.05, 0) is 11.1 Å². The fourth-order valence-electron chi connectivity index (χ4n) is 1.33. The molecule has 0 fully saturated rings. The van der Waals surface area contributed by atoms with E-state index in [9.17, 15) is 0 Å². The normalized spacial score (nSPS) is 10.5. The average molecular weight is 219 g/mol. The average Bonchev–Trinajstić information content (AvgIpc) is 2.79. The maximum Gasteiger partial charge on any atom is 0.165 e. The molecule has 0 atom stereocenters. The third-order valence-electron chi connectivity index (χ3n) is 2.08. The first-order valence-corrected chi connectivity index (χ1v) is 5.77. The van der Waals surface area contributed by atoms with Crippen molar-refractivity contribution < 1.29 is 0 Å². The predicted molar refractivity (Wildman–Crippen MR) is 62.5 cm³/mol. The maximum atomic E-state index is 5.58. The van der Waals surface area contributed by atoms with E-state index in [1.165, 1.54) is 11.1 Å². The van der Waals surface area contributed by atoms with Crippen LogP contribution in [0.5, 0.6) is 0 Å². The van der Waals surface area contributed by atoms with Gasteiger partial charge >= 0.3 is 0 Å². The number of nitrogens with zero attached hydrogens (tertiary/aromatic N) is 1. The molecule has 1 heterocycles. The third-order valence-corrected chi connectivity index (χ3v) is 3.05. The standard InChI is InChI=1S/C11H13N3S/c12-7-9-2-1-3-10(6-9)8-15-11-13-4-5-14-11/h1-6H,7-8,12H2,(H,13,14). The lowest BCUT2D eigenvalue weighted by molar-refractivity contribution is 1.05. The Morgan fingerprint density at radius 2 is 2.20 bits per heavy atom. The minimum atomic E-state index is 0.596. The van der Waals surface area contributed by atoms with Crippen molar-refractivity contribution in [1.82, 2.24) is 9.97 Å². The Morgan fingerprint density at radius 3 is 2.93 bits per heavy atom. The van der Waals surface area contributed by atoms with Crippen molar-refractivity contribution in [3.63, 3.8) is 0 Å². The summed E-state index contributed by atoms with van der Waals surface area (Å²) in [6.07, 6.45) is 3.59. The minimum absolute atomic E-state index is 0.596. The number of nitrogens with two attached hydrogens (primary N) is 1. The Hall–Kier alpha value is -1.26. The SMILES string of the molecule is NCc1cccc(CSc2ncc[nH]2)c1. The van der Waals surface area contributed by atoms with Crippen LogP contribution in [-0.4, -0.2) is 9.97 Å². The molecule has 0 spiro atoms. The first-order chi connectivity index (χ1) is 7.38. The summed E-state index contributed by atoms with van der Waals surface area (Å²) in [7, 11) is 0. The number of imidazole rings is 1. The van der Waals surface area contributed by atoms with E-state index in [0.717, 1.165) is 10.9 Å². The van der Waals surface area contributed by atoms with Crippen LogP contribution >= 0.6 is 11.8 Å². The van der Waals surface area contributed by atoms with Gasteiger partial charge in [-0.1, -0.05) is 36.0 Å². The Morgan fingerprint density at radius 1 is 1.33 bits per heavy atom. The van der Waals surface area contributed by atoms with E-state index in [1.807, 2.05) is 18.3 Å². The summed E-state index contributed by atoms with van der Waals surface area (Å²) >= 11 is 1.69. The molecule has 3 N–H and O–H groups in total. The van der Waals surface area contributed by atoms with E-state index in [4.69, 9.17) is 5.73 Å². The molecule has 0 aliphatic rings. The summed E-state index contributed by atoms with van der Waals surface area (Å²) in [5, 5.41) is 0.952. The second-order valence-electron chi connectivity index (χ2n) is 3.21. The van der Waals surface area contributed by atoms with E-state index in [2.05, 4.69) is 22.1 Å². The molecule has 1 aromatic carbocycles. The van der Waals surface area contributed by atoms with Gasteiger partial charge in [0.05, 0.1) is 0 Å². The molecule has 0 saturated carbocycles. The van der Waals surface area contributed by atoms with Gasteiger partial charge in [-0.25, -0.2) is 4.98 Å². The van der Waals surface area contributed by atoms with Crippen LogP contribution in [0.4, 0.5) is 0 Å². The van der Waals surface area contributed by atoms with Crippen LogP contribution in [-0.2, 0) is 12.3 Å². The molecule has 4 heteroatoms. The molecule has 0 saturated heterocycles. The van der Waals surface area contributed by atoms with Crippen LogP contribution in [0.1, 0.15) is 11.1 Å². The van der Waals surface area contributed by atoms with Crippen molar-refractivity contribution in [2.24, 2.45) is 5.73 Å². The molecule has 0 amide bonds. The molecule has 0 aliphatic carbocycles. The van der Waals surface area contributed by atoms with Crippen LogP contribution in [0.15, 0.2) is 41.8 Å². The molecule has 2 aromatic rings. The fourth-order valence-corrected chi connectivity index (χ4v) is 2.10. The number of thioether (sulfide) groups is 1. The molecule has 1 aromatic heterocycles. The minimum Gasteiger partial charge on any atom is -0.340 e. The Labute approximate surface area is 93.1 Å². The predicted octanol–water partition coefficient (Wildman–Crippen LogP) is 2.16. The van der Waals surface area contributed by atoms with Gasteiger partial charge in [-0.2, -0.15) is 0 Å². The lowest BCUT2D eigenvalue weighted by Crippen LogP contribution is -1.96. The molecule has 0 unspecified atom stereocenters. The van der Waals surface area contributed by atoms with Crippen molar-refractivity contribution in [2.75, 3.05) is 0 Å². The quantitative estimate of drug-likeness (QED) is 0.775. The Balaban J connectivity index is 1.98. The van der Waals surface area contributed by atoms with Crippen molar-refractivity contribution in [3.8, 4) is 0 Å².